The second kappa shape index (κ2) is 11.0. The van der Waals surface area contributed by atoms with Crippen molar-refractivity contribution in [3.05, 3.63) is 35.9 Å². The van der Waals surface area contributed by atoms with E-state index in [0.29, 0.717) is 19.4 Å². The summed E-state index contributed by atoms with van der Waals surface area (Å²) in [7, 11) is 2.86. The quantitative estimate of drug-likeness (QED) is 0.636. The number of hydrogen-bond acceptors (Lipinski definition) is 5. The number of carbonyl (C=O) groups excluding carboxylic acids is 3. The van der Waals surface area contributed by atoms with E-state index >= 15 is 0 Å². The van der Waals surface area contributed by atoms with Gasteiger partial charge in [0.25, 0.3) is 0 Å². The highest BCUT2D eigenvalue weighted by Gasteiger charge is 2.40. The molecule has 0 aliphatic carbocycles. The molecule has 4 atom stereocenters. The molecule has 1 aliphatic heterocycles. The van der Waals surface area contributed by atoms with Crippen LogP contribution in [0.3, 0.4) is 0 Å². The number of esters is 1. The van der Waals surface area contributed by atoms with Crippen LogP contribution in [0.1, 0.15) is 38.7 Å². The molecule has 2 rings (SSSR count). The van der Waals surface area contributed by atoms with Crippen molar-refractivity contribution >= 4 is 17.8 Å². The van der Waals surface area contributed by atoms with Gasteiger partial charge in [-0.3, -0.25) is 9.59 Å². The predicted molar refractivity (Wildman–Crippen MR) is 109 cm³/mol. The summed E-state index contributed by atoms with van der Waals surface area (Å²) >= 11 is 0. The van der Waals surface area contributed by atoms with Gasteiger partial charge in [0, 0.05) is 26.5 Å². The molecule has 29 heavy (non-hydrogen) atoms. The zero-order valence-corrected chi connectivity index (χ0v) is 17.7. The number of carbonyl (C=O) groups is 3. The molecule has 1 aromatic rings. The van der Waals surface area contributed by atoms with Crippen LogP contribution in [0.4, 0.5) is 0 Å². The Bertz CT molecular complexity index is 694. The van der Waals surface area contributed by atoms with E-state index < -0.39 is 24.0 Å². The van der Waals surface area contributed by atoms with Crippen LogP contribution >= 0.6 is 0 Å². The van der Waals surface area contributed by atoms with Crippen molar-refractivity contribution in [1.29, 1.82) is 0 Å². The van der Waals surface area contributed by atoms with E-state index in [1.165, 1.54) is 7.11 Å². The fraction of sp³-hybridized carbons (Fsp3) is 0.591. The molecule has 1 aromatic carbocycles. The Morgan fingerprint density at radius 1 is 1.21 bits per heavy atom. The average Bonchev–Trinajstić information content (AvgIpc) is 3.22. The molecule has 0 spiro atoms. The van der Waals surface area contributed by atoms with E-state index in [9.17, 15) is 14.4 Å². The molecule has 0 radical (unpaired) electrons. The van der Waals surface area contributed by atoms with Gasteiger partial charge in [-0.25, -0.2) is 4.79 Å². The lowest BCUT2D eigenvalue weighted by Crippen LogP contribution is -2.52. The third kappa shape index (κ3) is 5.79. The molecule has 1 saturated heterocycles. The fourth-order valence-electron chi connectivity index (χ4n) is 3.98. The number of benzene rings is 1. The summed E-state index contributed by atoms with van der Waals surface area (Å²) in [4.78, 5) is 39.3. The lowest BCUT2D eigenvalue weighted by atomic mass is 9.94. The summed E-state index contributed by atoms with van der Waals surface area (Å²) in [5.74, 6) is -1.25. The van der Waals surface area contributed by atoms with Gasteiger partial charge in [-0.05, 0) is 18.4 Å². The number of nitrogens with zero attached hydrogens (tertiary/aromatic N) is 1. The Hall–Kier alpha value is -2.41. The van der Waals surface area contributed by atoms with Gasteiger partial charge in [-0.1, -0.05) is 44.2 Å². The normalized spacial score (nSPS) is 19.3. The monoisotopic (exact) mass is 404 g/mol. The van der Waals surface area contributed by atoms with E-state index in [1.807, 2.05) is 42.2 Å². The number of rotatable bonds is 9. The summed E-state index contributed by atoms with van der Waals surface area (Å²) < 4.78 is 10.5. The average molecular weight is 405 g/mol. The number of methoxy groups -OCH3 is 2. The summed E-state index contributed by atoms with van der Waals surface area (Å²) in [6.45, 7) is 4.29. The maximum absolute atomic E-state index is 13.0. The van der Waals surface area contributed by atoms with Gasteiger partial charge in [0.1, 0.15) is 6.04 Å². The van der Waals surface area contributed by atoms with Gasteiger partial charge in [0.2, 0.25) is 11.8 Å². The van der Waals surface area contributed by atoms with Crippen molar-refractivity contribution in [2.45, 2.75) is 57.7 Å². The lowest BCUT2D eigenvalue weighted by molar-refractivity contribution is -0.147. The minimum Gasteiger partial charge on any atom is -0.467 e. The molecule has 1 aliphatic rings. The largest absolute Gasteiger partial charge is 0.467 e. The van der Waals surface area contributed by atoms with Gasteiger partial charge in [-0.15, -0.1) is 0 Å². The van der Waals surface area contributed by atoms with Gasteiger partial charge in [-0.2, -0.15) is 0 Å². The van der Waals surface area contributed by atoms with Crippen molar-refractivity contribution in [3.63, 3.8) is 0 Å². The SMILES string of the molecule is CCC(=O)N1CCC[C@H]1[C@H](OC)[C@@H](C)C(=O)N[C@@H](Cc1ccccc1)C(=O)OC. The Morgan fingerprint density at radius 2 is 1.90 bits per heavy atom. The van der Waals surface area contributed by atoms with Crippen LogP contribution in [0.15, 0.2) is 30.3 Å². The van der Waals surface area contributed by atoms with E-state index in [0.717, 1.165) is 18.4 Å². The highest BCUT2D eigenvalue weighted by Crippen LogP contribution is 2.27. The molecular weight excluding hydrogens is 372 g/mol. The van der Waals surface area contributed by atoms with Crippen LogP contribution in [-0.2, 0) is 30.3 Å². The zero-order chi connectivity index (χ0) is 21.4. The highest BCUT2D eigenvalue weighted by molar-refractivity contribution is 5.86. The van der Waals surface area contributed by atoms with E-state index in [-0.39, 0.29) is 17.9 Å². The minimum absolute atomic E-state index is 0.0682. The highest BCUT2D eigenvalue weighted by atomic mass is 16.5. The first kappa shape index (κ1) is 22.9. The number of amides is 2. The summed E-state index contributed by atoms with van der Waals surface area (Å²) in [6, 6.07) is 8.53. The standard InChI is InChI=1S/C22H32N2O5/c1-5-19(25)24-13-9-12-18(24)20(28-3)15(2)21(26)23-17(22(27)29-4)14-16-10-7-6-8-11-16/h6-8,10-11,15,17-18,20H,5,9,12-14H2,1-4H3,(H,23,26)/t15-,17+,18+,20-/m1/s1. The number of likely N-dealkylation sites (tertiary alicyclic amines) is 1. The summed E-state index contributed by atoms with van der Waals surface area (Å²) in [5, 5.41) is 2.82. The predicted octanol–water partition coefficient (Wildman–Crippen LogP) is 1.94. The van der Waals surface area contributed by atoms with Crippen molar-refractivity contribution in [1.82, 2.24) is 10.2 Å². The molecule has 1 fully saturated rings. The first-order valence-electron chi connectivity index (χ1n) is 10.2. The number of nitrogens with one attached hydrogen (secondary N) is 1. The van der Waals surface area contributed by atoms with Crippen LogP contribution in [0, 0.1) is 5.92 Å². The Labute approximate surface area is 172 Å². The van der Waals surface area contributed by atoms with Gasteiger partial charge < -0.3 is 19.7 Å². The van der Waals surface area contributed by atoms with Crippen LogP contribution in [0.25, 0.3) is 0 Å². The molecule has 7 nitrogen and oxygen atoms in total. The maximum Gasteiger partial charge on any atom is 0.328 e. The molecule has 1 heterocycles. The van der Waals surface area contributed by atoms with Crippen molar-refractivity contribution in [2.24, 2.45) is 5.92 Å². The molecule has 0 aromatic heterocycles. The summed E-state index contributed by atoms with van der Waals surface area (Å²) in [6.07, 6.45) is 2.01. The fourth-order valence-corrected chi connectivity index (χ4v) is 3.98. The van der Waals surface area contributed by atoms with E-state index in [2.05, 4.69) is 5.32 Å². The minimum atomic E-state index is -0.785. The Kier molecular flexibility index (Phi) is 8.64. The maximum atomic E-state index is 13.0. The van der Waals surface area contributed by atoms with Gasteiger partial charge >= 0.3 is 5.97 Å². The smallest absolute Gasteiger partial charge is 0.328 e. The number of ether oxygens (including phenoxy) is 2. The first-order valence-corrected chi connectivity index (χ1v) is 10.2. The van der Waals surface area contributed by atoms with Gasteiger partial charge in [0.05, 0.1) is 25.2 Å². The van der Waals surface area contributed by atoms with E-state index in [4.69, 9.17) is 9.47 Å². The van der Waals surface area contributed by atoms with Crippen LogP contribution in [-0.4, -0.2) is 61.6 Å². The second-order valence-corrected chi connectivity index (χ2v) is 7.41. The van der Waals surface area contributed by atoms with E-state index in [1.54, 1.807) is 14.0 Å². The van der Waals surface area contributed by atoms with Crippen LogP contribution < -0.4 is 5.32 Å². The van der Waals surface area contributed by atoms with Crippen LogP contribution in [0.2, 0.25) is 0 Å². The Morgan fingerprint density at radius 3 is 2.48 bits per heavy atom. The van der Waals surface area contributed by atoms with Gasteiger partial charge in [0.15, 0.2) is 0 Å². The summed E-state index contributed by atoms with van der Waals surface area (Å²) in [5.41, 5.74) is 0.926. The molecule has 2 amide bonds. The first-order chi connectivity index (χ1) is 13.9. The topological polar surface area (TPSA) is 84.9 Å². The number of hydrogen-bond donors (Lipinski definition) is 1. The van der Waals surface area contributed by atoms with Crippen molar-refractivity contribution < 1.29 is 23.9 Å². The van der Waals surface area contributed by atoms with Crippen molar-refractivity contribution in [2.75, 3.05) is 20.8 Å². The molecule has 7 heteroatoms. The Balaban J connectivity index is 2.10. The third-order valence-electron chi connectivity index (χ3n) is 5.56. The zero-order valence-electron chi connectivity index (χ0n) is 17.7. The van der Waals surface area contributed by atoms with Crippen molar-refractivity contribution in [3.8, 4) is 0 Å². The molecule has 0 unspecified atom stereocenters. The molecule has 1 N–H and O–H groups in total. The third-order valence-corrected chi connectivity index (χ3v) is 5.56. The molecule has 0 saturated carbocycles. The second-order valence-electron chi connectivity index (χ2n) is 7.41. The molecule has 160 valence electrons. The van der Waals surface area contributed by atoms with Crippen LogP contribution in [0.5, 0.6) is 0 Å². The molecule has 0 bridgehead atoms. The lowest BCUT2D eigenvalue weighted by Gasteiger charge is -2.34. The molecular formula is C22H32N2O5.